The summed E-state index contributed by atoms with van der Waals surface area (Å²) in [5.41, 5.74) is 0.808. The van der Waals surface area contributed by atoms with Gasteiger partial charge in [-0.2, -0.15) is 0 Å². The van der Waals surface area contributed by atoms with Crippen molar-refractivity contribution in [3.05, 3.63) is 58.1 Å². The quantitative estimate of drug-likeness (QED) is 0.832. The van der Waals surface area contributed by atoms with E-state index in [4.69, 9.17) is 9.47 Å². The van der Waals surface area contributed by atoms with E-state index in [0.717, 1.165) is 22.2 Å². The summed E-state index contributed by atoms with van der Waals surface area (Å²) in [6.45, 7) is 0.153. The molecule has 0 aromatic heterocycles. The van der Waals surface area contributed by atoms with Crippen LogP contribution in [0.5, 0.6) is 11.5 Å². The highest BCUT2D eigenvalue weighted by molar-refractivity contribution is 9.10. The Labute approximate surface area is 118 Å². The molecule has 2 aromatic rings. The summed E-state index contributed by atoms with van der Waals surface area (Å²) in [7, 11) is 1.56. The zero-order valence-electron chi connectivity index (χ0n) is 10.1. The van der Waals surface area contributed by atoms with E-state index < -0.39 is 11.6 Å². The first kappa shape index (κ1) is 13.8. The molecule has 0 spiro atoms. The Morgan fingerprint density at radius 1 is 1.11 bits per heavy atom. The zero-order chi connectivity index (χ0) is 13.8. The van der Waals surface area contributed by atoms with Crippen LogP contribution in [0.2, 0.25) is 0 Å². The van der Waals surface area contributed by atoms with Crippen molar-refractivity contribution in [2.24, 2.45) is 0 Å². The van der Waals surface area contributed by atoms with Gasteiger partial charge in [0, 0.05) is 16.1 Å². The first-order chi connectivity index (χ1) is 9.10. The molecular formula is C14H11BrF2O2. The summed E-state index contributed by atoms with van der Waals surface area (Å²) < 4.78 is 37.4. The molecule has 2 nitrogen and oxygen atoms in total. The second-order valence-electron chi connectivity index (χ2n) is 3.82. The van der Waals surface area contributed by atoms with Crippen LogP contribution in [0.3, 0.4) is 0 Å². The van der Waals surface area contributed by atoms with Gasteiger partial charge in [0.25, 0.3) is 0 Å². The van der Waals surface area contributed by atoms with Crippen LogP contribution in [0.25, 0.3) is 0 Å². The Hall–Kier alpha value is -1.62. The van der Waals surface area contributed by atoms with Gasteiger partial charge in [0.1, 0.15) is 18.2 Å². The van der Waals surface area contributed by atoms with Crippen LogP contribution < -0.4 is 9.47 Å². The summed E-state index contributed by atoms with van der Waals surface area (Å²) in [5.74, 6) is -0.663. The molecule has 5 heteroatoms. The van der Waals surface area contributed by atoms with Gasteiger partial charge >= 0.3 is 0 Å². The van der Waals surface area contributed by atoms with Gasteiger partial charge in [-0.05, 0) is 30.3 Å². The van der Waals surface area contributed by atoms with Gasteiger partial charge in [0.15, 0.2) is 11.6 Å². The maximum absolute atomic E-state index is 13.4. The second kappa shape index (κ2) is 6.02. The van der Waals surface area contributed by atoms with Gasteiger partial charge in [-0.3, -0.25) is 0 Å². The Bertz CT molecular complexity index is 588. The van der Waals surface area contributed by atoms with Crippen molar-refractivity contribution in [2.75, 3.05) is 7.11 Å². The minimum Gasteiger partial charge on any atom is -0.497 e. The molecule has 0 unspecified atom stereocenters. The van der Waals surface area contributed by atoms with Crippen molar-refractivity contribution < 1.29 is 18.3 Å². The van der Waals surface area contributed by atoms with E-state index in [1.807, 2.05) is 6.07 Å². The number of hydrogen-bond acceptors (Lipinski definition) is 2. The topological polar surface area (TPSA) is 18.5 Å². The van der Waals surface area contributed by atoms with Crippen molar-refractivity contribution in [3.8, 4) is 11.5 Å². The molecule has 0 amide bonds. The van der Waals surface area contributed by atoms with Crippen molar-refractivity contribution in [2.45, 2.75) is 6.61 Å². The maximum Gasteiger partial charge on any atom is 0.167 e. The smallest absolute Gasteiger partial charge is 0.167 e. The number of rotatable bonds is 4. The van der Waals surface area contributed by atoms with E-state index in [1.54, 1.807) is 19.2 Å². The largest absolute Gasteiger partial charge is 0.497 e. The summed E-state index contributed by atoms with van der Waals surface area (Å²) in [6.07, 6.45) is 0. The van der Waals surface area contributed by atoms with Gasteiger partial charge in [0.2, 0.25) is 0 Å². The van der Waals surface area contributed by atoms with Gasteiger partial charge in [-0.25, -0.2) is 8.78 Å². The van der Waals surface area contributed by atoms with Crippen molar-refractivity contribution in [1.29, 1.82) is 0 Å². The van der Waals surface area contributed by atoms with Gasteiger partial charge in [-0.15, -0.1) is 0 Å². The van der Waals surface area contributed by atoms with Crippen LogP contribution in [0.15, 0.2) is 40.9 Å². The molecule has 0 heterocycles. The van der Waals surface area contributed by atoms with Gasteiger partial charge in [0.05, 0.1) is 7.11 Å². The highest BCUT2D eigenvalue weighted by Crippen LogP contribution is 2.25. The maximum atomic E-state index is 13.4. The zero-order valence-corrected chi connectivity index (χ0v) is 11.7. The Kier molecular flexibility index (Phi) is 4.37. The predicted octanol–water partition coefficient (Wildman–Crippen LogP) is 4.31. The highest BCUT2D eigenvalue weighted by Gasteiger charge is 2.07. The van der Waals surface area contributed by atoms with E-state index in [1.165, 1.54) is 6.07 Å². The van der Waals surface area contributed by atoms with E-state index >= 15 is 0 Å². The summed E-state index contributed by atoms with van der Waals surface area (Å²) in [5, 5.41) is 0. The average Bonchev–Trinajstić information content (AvgIpc) is 2.39. The molecule has 0 aliphatic carbocycles. The highest BCUT2D eigenvalue weighted by atomic mass is 79.9. The number of halogens is 3. The summed E-state index contributed by atoms with van der Waals surface area (Å²) in [6, 6.07) is 8.60. The molecule has 0 fully saturated rings. The van der Waals surface area contributed by atoms with E-state index in [2.05, 4.69) is 15.9 Å². The molecule has 0 saturated heterocycles. The molecular weight excluding hydrogens is 318 g/mol. The van der Waals surface area contributed by atoms with Crippen molar-refractivity contribution in [1.82, 2.24) is 0 Å². The molecule has 100 valence electrons. The fraction of sp³-hybridized carbons (Fsp3) is 0.143. The van der Waals surface area contributed by atoms with Crippen LogP contribution in [0.4, 0.5) is 8.78 Å². The van der Waals surface area contributed by atoms with E-state index in [9.17, 15) is 8.78 Å². The van der Waals surface area contributed by atoms with Crippen LogP contribution in [0.1, 0.15) is 5.56 Å². The monoisotopic (exact) mass is 328 g/mol. The van der Waals surface area contributed by atoms with Crippen molar-refractivity contribution >= 4 is 15.9 Å². The third-order valence-corrected chi connectivity index (χ3v) is 3.30. The predicted molar refractivity (Wildman–Crippen MR) is 71.4 cm³/mol. The Morgan fingerprint density at radius 2 is 1.89 bits per heavy atom. The van der Waals surface area contributed by atoms with E-state index in [0.29, 0.717) is 5.75 Å². The number of benzene rings is 2. The van der Waals surface area contributed by atoms with Crippen LogP contribution >= 0.6 is 15.9 Å². The van der Waals surface area contributed by atoms with E-state index in [-0.39, 0.29) is 12.4 Å². The number of hydrogen-bond donors (Lipinski definition) is 0. The third-order valence-electron chi connectivity index (χ3n) is 2.53. The minimum atomic E-state index is -0.723. The SMILES string of the molecule is COc1ccc(Br)c(COc2ccc(F)cc2F)c1. The first-order valence-electron chi connectivity index (χ1n) is 5.50. The lowest BCUT2D eigenvalue weighted by Gasteiger charge is -2.10. The average molecular weight is 329 g/mol. The van der Waals surface area contributed by atoms with Crippen LogP contribution in [-0.4, -0.2) is 7.11 Å². The lowest BCUT2D eigenvalue weighted by atomic mass is 10.2. The molecule has 0 bridgehead atoms. The molecule has 2 aromatic carbocycles. The molecule has 0 radical (unpaired) electrons. The van der Waals surface area contributed by atoms with Crippen molar-refractivity contribution in [3.63, 3.8) is 0 Å². The molecule has 0 atom stereocenters. The van der Waals surface area contributed by atoms with Gasteiger partial charge < -0.3 is 9.47 Å². The normalized spacial score (nSPS) is 10.3. The lowest BCUT2D eigenvalue weighted by Crippen LogP contribution is -1.99. The van der Waals surface area contributed by atoms with Crippen LogP contribution in [0, 0.1) is 11.6 Å². The van der Waals surface area contributed by atoms with Gasteiger partial charge in [-0.1, -0.05) is 15.9 Å². The number of methoxy groups -OCH3 is 1. The Balaban J connectivity index is 2.14. The fourth-order valence-electron chi connectivity index (χ4n) is 1.54. The summed E-state index contributed by atoms with van der Waals surface area (Å²) >= 11 is 3.37. The molecule has 0 saturated carbocycles. The molecule has 2 rings (SSSR count). The molecule has 19 heavy (non-hydrogen) atoms. The molecule has 0 N–H and O–H groups in total. The second-order valence-corrected chi connectivity index (χ2v) is 4.68. The first-order valence-corrected chi connectivity index (χ1v) is 6.29. The minimum absolute atomic E-state index is 0.0103. The molecule has 0 aliphatic heterocycles. The summed E-state index contributed by atoms with van der Waals surface area (Å²) in [4.78, 5) is 0. The Morgan fingerprint density at radius 3 is 2.58 bits per heavy atom. The standard InChI is InChI=1S/C14H11BrF2O2/c1-18-11-3-4-12(15)9(6-11)8-19-14-5-2-10(16)7-13(14)17/h2-7H,8H2,1H3. The lowest BCUT2D eigenvalue weighted by molar-refractivity contribution is 0.288. The third kappa shape index (κ3) is 3.44. The number of ether oxygens (including phenoxy) is 2. The molecule has 0 aliphatic rings. The fourth-order valence-corrected chi connectivity index (χ4v) is 1.90. The van der Waals surface area contributed by atoms with Crippen LogP contribution in [-0.2, 0) is 6.61 Å².